The molecule has 0 heterocycles. The maximum Gasteiger partial charge on any atom is 0.472 e. The van der Waals surface area contributed by atoms with Crippen molar-refractivity contribution in [1.82, 2.24) is 10.6 Å². The van der Waals surface area contributed by atoms with Gasteiger partial charge in [0.05, 0.1) is 18.9 Å². The van der Waals surface area contributed by atoms with Crippen LogP contribution >= 0.6 is 11.6 Å². The van der Waals surface area contributed by atoms with Crippen molar-refractivity contribution in [2.75, 3.05) is 6.44 Å². The van der Waals surface area contributed by atoms with Crippen molar-refractivity contribution in [1.29, 1.82) is 0 Å². The van der Waals surface area contributed by atoms with Gasteiger partial charge in [-0.2, -0.15) is 0 Å². The molecular weight excluding hydrogens is 439 g/mol. The average Bonchev–Trinajstić information content (AvgIpc) is 2.78. The van der Waals surface area contributed by atoms with Gasteiger partial charge in [-0.3, -0.25) is 9.59 Å². The number of hydrogen-bond donors (Lipinski definition) is 4. The van der Waals surface area contributed by atoms with Gasteiger partial charge in [0.1, 0.15) is 0 Å². The number of halogens is 1. The van der Waals surface area contributed by atoms with Crippen LogP contribution in [-0.4, -0.2) is 35.4 Å². The van der Waals surface area contributed by atoms with Crippen molar-refractivity contribution < 1.29 is 19.6 Å². The van der Waals surface area contributed by atoms with Crippen molar-refractivity contribution in [3.63, 3.8) is 0 Å². The van der Waals surface area contributed by atoms with Crippen LogP contribution in [0.5, 0.6) is 0 Å². The van der Waals surface area contributed by atoms with Crippen molar-refractivity contribution in [2.24, 2.45) is 0 Å². The summed E-state index contributed by atoms with van der Waals surface area (Å²) in [4.78, 5) is 24.4. The van der Waals surface area contributed by atoms with E-state index in [2.05, 4.69) is 48.7 Å². The Bertz CT molecular complexity index is 1030. The molecule has 8 heteroatoms. The fourth-order valence-corrected chi connectivity index (χ4v) is 3.28. The summed E-state index contributed by atoms with van der Waals surface area (Å²) in [6, 6.07) is 23.3. The fourth-order valence-electron chi connectivity index (χ4n) is 3.08. The van der Waals surface area contributed by atoms with Crippen molar-refractivity contribution in [2.45, 2.75) is 26.3 Å². The van der Waals surface area contributed by atoms with Crippen LogP contribution in [0.4, 0.5) is 0 Å². The summed E-state index contributed by atoms with van der Waals surface area (Å²) >= 11 is 6.00. The van der Waals surface area contributed by atoms with Gasteiger partial charge in [0, 0.05) is 10.6 Å². The highest BCUT2D eigenvalue weighted by Crippen LogP contribution is 2.21. The number of rotatable bonds is 7. The van der Waals surface area contributed by atoms with E-state index in [9.17, 15) is 9.59 Å². The number of benzene rings is 3. The summed E-state index contributed by atoms with van der Waals surface area (Å²) in [6.07, 6.45) is -0.348. The Hall–Kier alpha value is -3.13. The molecule has 0 aliphatic rings. The first-order valence-corrected chi connectivity index (χ1v) is 10.9. The second-order valence-electron chi connectivity index (χ2n) is 7.59. The Morgan fingerprint density at radius 2 is 1.55 bits per heavy atom. The number of carbonyl (C=O) groups is 2. The molecule has 0 bridgehead atoms. The molecule has 1 atom stereocenters. The van der Waals surface area contributed by atoms with E-state index >= 15 is 0 Å². The van der Waals surface area contributed by atoms with Crippen LogP contribution in [0.1, 0.15) is 39.5 Å². The van der Waals surface area contributed by atoms with Crippen LogP contribution in [0.25, 0.3) is 0 Å². The van der Waals surface area contributed by atoms with Gasteiger partial charge in [-0.1, -0.05) is 77.3 Å². The molecule has 4 N–H and O–H groups in total. The second kappa shape index (κ2) is 13.4. The summed E-state index contributed by atoms with van der Waals surface area (Å²) in [5, 5.41) is 23.4. The highest BCUT2D eigenvalue weighted by atomic mass is 35.5. The molecule has 3 aromatic rings. The Morgan fingerprint density at radius 1 is 0.909 bits per heavy atom. The molecule has 2 amide bonds. The zero-order valence-corrected chi connectivity index (χ0v) is 19.4. The van der Waals surface area contributed by atoms with Crippen molar-refractivity contribution in [3.8, 4) is 0 Å². The molecular formula is C25H28BClN2O4. The molecule has 172 valence electrons. The molecule has 33 heavy (non-hydrogen) atoms. The van der Waals surface area contributed by atoms with Gasteiger partial charge >= 0.3 is 7.12 Å². The van der Waals surface area contributed by atoms with Crippen LogP contribution < -0.4 is 10.6 Å². The van der Waals surface area contributed by atoms with E-state index in [0.29, 0.717) is 16.1 Å². The molecule has 0 radical (unpaired) electrons. The van der Waals surface area contributed by atoms with Crippen LogP contribution in [0.3, 0.4) is 0 Å². The normalized spacial score (nSPS) is 10.9. The zero-order chi connectivity index (χ0) is 24.2. The smallest absolute Gasteiger partial charge is 0.426 e. The van der Waals surface area contributed by atoms with Crippen LogP contribution in [0.2, 0.25) is 5.02 Å². The number of nitrogens with one attached hydrogen (secondary N) is 2. The maximum atomic E-state index is 12.4. The molecule has 0 aromatic heterocycles. The first-order valence-electron chi connectivity index (χ1n) is 10.5. The van der Waals surface area contributed by atoms with E-state index in [4.69, 9.17) is 21.6 Å². The quantitative estimate of drug-likeness (QED) is 0.400. The highest BCUT2D eigenvalue weighted by Gasteiger charge is 2.20. The largest absolute Gasteiger partial charge is 0.472 e. The van der Waals surface area contributed by atoms with E-state index < -0.39 is 19.1 Å². The predicted molar refractivity (Wildman–Crippen MR) is 132 cm³/mol. The third kappa shape index (κ3) is 9.91. The first kappa shape index (κ1) is 26.1. The van der Waals surface area contributed by atoms with E-state index in [-0.39, 0.29) is 18.8 Å². The Kier molecular flexibility index (Phi) is 10.6. The molecule has 3 rings (SSSR count). The topological polar surface area (TPSA) is 98.7 Å². The molecule has 0 aliphatic carbocycles. The van der Waals surface area contributed by atoms with Gasteiger partial charge in [0.25, 0.3) is 5.91 Å². The molecule has 1 unspecified atom stereocenters. The third-order valence-corrected chi connectivity index (χ3v) is 4.87. The lowest BCUT2D eigenvalue weighted by Gasteiger charge is -2.19. The number of amides is 2. The van der Waals surface area contributed by atoms with Crippen molar-refractivity contribution in [3.05, 3.63) is 106 Å². The molecule has 0 fully saturated rings. The van der Waals surface area contributed by atoms with Crippen LogP contribution in [-0.2, 0) is 4.79 Å². The summed E-state index contributed by atoms with van der Waals surface area (Å²) in [6.45, 7) is 4.21. The highest BCUT2D eigenvalue weighted by molar-refractivity contribution is 6.41. The predicted octanol–water partition coefficient (Wildman–Crippen LogP) is 3.63. The summed E-state index contributed by atoms with van der Waals surface area (Å²) in [7, 11) is -1.63. The molecule has 3 aromatic carbocycles. The van der Waals surface area contributed by atoms with Crippen molar-refractivity contribution >= 4 is 30.5 Å². The van der Waals surface area contributed by atoms with E-state index in [0.717, 1.165) is 0 Å². The minimum absolute atomic E-state index is 0.0639. The van der Waals surface area contributed by atoms with Gasteiger partial charge in [0.15, 0.2) is 0 Å². The minimum atomic E-state index is -1.63. The number of hydrogen-bond acceptors (Lipinski definition) is 4. The molecule has 0 saturated carbocycles. The SMILES string of the molecule is Cc1cccc(C)c1.O=C(CC(NC(=O)c1ccccc1)c1cccc(Cl)c1)NCB(O)O. The summed E-state index contributed by atoms with van der Waals surface area (Å²) in [5.74, 6) is -0.744. The van der Waals surface area contributed by atoms with Crippen LogP contribution in [0, 0.1) is 13.8 Å². The third-order valence-electron chi connectivity index (χ3n) is 4.64. The number of carbonyl (C=O) groups excluding carboxylic acids is 2. The summed E-state index contributed by atoms with van der Waals surface area (Å²) in [5.41, 5.74) is 3.83. The standard InChI is InChI=1S/C17H18BClN2O4.C8H10/c19-14-8-4-7-13(9-14)15(10-16(22)20-11-18(24)25)21-17(23)12-5-2-1-3-6-12;1-7-4-3-5-8(2)6-7/h1-9,15,24-25H,10-11H2,(H,20,22)(H,21,23);3-6H,1-2H3. The van der Waals surface area contributed by atoms with Gasteiger partial charge in [-0.15, -0.1) is 0 Å². The lowest BCUT2D eigenvalue weighted by atomic mass is 9.92. The fraction of sp³-hybridized carbons (Fsp3) is 0.200. The average molecular weight is 467 g/mol. The lowest BCUT2D eigenvalue weighted by molar-refractivity contribution is -0.121. The maximum absolute atomic E-state index is 12.4. The lowest BCUT2D eigenvalue weighted by Crippen LogP contribution is -2.38. The van der Waals surface area contributed by atoms with Gasteiger partial charge in [0.2, 0.25) is 5.91 Å². The van der Waals surface area contributed by atoms with Crippen LogP contribution in [0.15, 0.2) is 78.9 Å². The Labute approximate surface area is 199 Å². The zero-order valence-electron chi connectivity index (χ0n) is 18.7. The van der Waals surface area contributed by atoms with Gasteiger partial charge in [-0.05, 0) is 43.7 Å². The van der Waals surface area contributed by atoms with Gasteiger partial charge < -0.3 is 20.7 Å². The second-order valence-corrected chi connectivity index (χ2v) is 8.03. The number of aryl methyl sites for hydroxylation is 2. The van der Waals surface area contributed by atoms with E-state index in [1.165, 1.54) is 11.1 Å². The summed E-state index contributed by atoms with van der Waals surface area (Å²) < 4.78 is 0. The molecule has 0 saturated heterocycles. The first-order chi connectivity index (χ1) is 15.7. The Morgan fingerprint density at radius 3 is 2.09 bits per heavy atom. The van der Waals surface area contributed by atoms with E-state index in [1.807, 2.05) is 0 Å². The molecule has 0 aliphatic heterocycles. The monoisotopic (exact) mass is 466 g/mol. The van der Waals surface area contributed by atoms with E-state index in [1.54, 1.807) is 54.6 Å². The molecule has 6 nitrogen and oxygen atoms in total. The minimum Gasteiger partial charge on any atom is -0.426 e. The molecule has 0 spiro atoms. The Balaban J connectivity index is 0.000000405. The van der Waals surface area contributed by atoms with Gasteiger partial charge in [-0.25, -0.2) is 0 Å².